The van der Waals surface area contributed by atoms with Crippen molar-refractivity contribution in [1.29, 1.82) is 0 Å². The summed E-state index contributed by atoms with van der Waals surface area (Å²) in [6.45, 7) is 6.61. The van der Waals surface area contributed by atoms with Crippen LogP contribution in [-0.2, 0) is 0 Å². The number of aliphatic imine (C=N–C) groups is 2. The van der Waals surface area contributed by atoms with E-state index in [0.29, 0.717) is 24.1 Å². The van der Waals surface area contributed by atoms with E-state index in [4.69, 9.17) is 9.73 Å². The minimum absolute atomic E-state index is 0.601. The summed E-state index contributed by atoms with van der Waals surface area (Å²) < 4.78 is 5.66. The Bertz CT molecular complexity index is 1090. The van der Waals surface area contributed by atoms with Crippen molar-refractivity contribution >= 4 is 23.3 Å². The maximum atomic E-state index is 5.66. The van der Waals surface area contributed by atoms with Crippen molar-refractivity contribution in [2.75, 3.05) is 11.9 Å². The zero-order chi connectivity index (χ0) is 19.5. The van der Waals surface area contributed by atoms with Gasteiger partial charge in [0.05, 0.1) is 6.61 Å². The summed E-state index contributed by atoms with van der Waals surface area (Å²) in [6.07, 6.45) is 3.53. The van der Waals surface area contributed by atoms with Crippen LogP contribution in [0, 0.1) is 13.8 Å². The van der Waals surface area contributed by atoms with Gasteiger partial charge in [0.15, 0.2) is 11.7 Å². The van der Waals surface area contributed by atoms with Crippen LogP contribution in [0.1, 0.15) is 29.2 Å². The van der Waals surface area contributed by atoms with E-state index >= 15 is 0 Å². The number of amidine groups is 2. The molecule has 0 unspecified atom stereocenters. The lowest BCUT2D eigenvalue weighted by Crippen LogP contribution is -2.12. The molecule has 1 aliphatic rings. The minimum atomic E-state index is 0.601. The van der Waals surface area contributed by atoms with Gasteiger partial charge in [-0.25, -0.2) is 20.0 Å². The molecule has 0 bridgehead atoms. The van der Waals surface area contributed by atoms with E-state index in [-0.39, 0.29) is 0 Å². The van der Waals surface area contributed by atoms with Crippen LogP contribution in [0.2, 0.25) is 0 Å². The van der Waals surface area contributed by atoms with Crippen LogP contribution in [0.3, 0.4) is 0 Å². The number of aromatic nitrogens is 2. The van der Waals surface area contributed by atoms with Gasteiger partial charge in [0, 0.05) is 23.5 Å². The highest BCUT2D eigenvalue weighted by atomic mass is 16.5. The van der Waals surface area contributed by atoms with E-state index < -0.39 is 0 Å². The molecule has 0 saturated carbocycles. The maximum Gasteiger partial charge on any atom is 0.164 e. The number of aryl methyl sites for hydroxylation is 2. The lowest BCUT2D eigenvalue weighted by molar-refractivity contribution is 0.340. The van der Waals surface area contributed by atoms with Gasteiger partial charge in [-0.2, -0.15) is 0 Å². The normalized spacial score (nSPS) is 14.0. The summed E-state index contributed by atoms with van der Waals surface area (Å²) in [4.78, 5) is 18.1. The molecule has 6 heteroatoms. The van der Waals surface area contributed by atoms with Crippen molar-refractivity contribution in [2.45, 2.75) is 20.8 Å². The van der Waals surface area contributed by atoms with Gasteiger partial charge in [0.25, 0.3) is 0 Å². The quantitative estimate of drug-likeness (QED) is 0.736. The molecule has 1 aliphatic heterocycles. The first kappa shape index (κ1) is 17.9. The first-order valence-corrected chi connectivity index (χ1v) is 9.19. The molecule has 0 fully saturated rings. The Morgan fingerprint density at radius 3 is 2.46 bits per heavy atom. The van der Waals surface area contributed by atoms with Crippen molar-refractivity contribution in [3.05, 3.63) is 77.1 Å². The Morgan fingerprint density at radius 2 is 1.71 bits per heavy atom. The van der Waals surface area contributed by atoms with Crippen molar-refractivity contribution in [2.24, 2.45) is 9.98 Å². The predicted octanol–water partition coefficient (Wildman–Crippen LogP) is 4.44. The summed E-state index contributed by atoms with van der Waals surface area (Å²) in [7, 11) is 0. The second kappa shape index (κ2) is 7.60. The van der Waals surface area contributed by atoms with Crippen LogP contribution in [0.4, 0.5) is 11.6 Å². The van der Waals surface area contributed by atoms with E-state index in [1.807, 2.05) is 63.2 Å². The number of nitrogens with one attached hydrogen (secondary N) is 1. The number of ether oxygens (including phenoxy) is 1. The molecule has 1 N–H and O–H groups in total. The largest absolute Gasteiger partial charge is 0.494 e. The van der Waals surface area contributed by atoms with Crippen LogP contribution >= 0.6 is 0 Å². The third kappa shape index (κ3) is 3.76. The molecule has 0 spiro atoms. The van der Waals surface area contributed by atoms with Gasteiger partial charge in [-0.1, -0.05) is 0 Å². The summed E-state index contributed by atoms with van der Waals surface area (Å²) in [5.74, 6) is 3.47. The SMILES string of the molecule is CCOc1ccc2c(c1)C(=Nc1cc(C)ccn1)N=C2Nc1cc(C)ccn1. The third-order valence-corrected chi connectivity index (χ3v) is 4.30. The fraction of sp³-hybridized carbons (Fsp3) is 0.182. The Kier molecular flexibility index (Phi) is 4.85. The van der Waals surface area contributed by atoms with E-state index in [1.165, 1.54) is 0 Å². The van der Waals surface area contributed by atoms with Gasteiger partial charge in [0.2, 0.25) is 0 Å². The number of rotatable bonds is 4. The minimum Gasteiger partial charge on any atom is -0.494 e. The summed E-state index contributed by atoms with van der Waals surface area (Å²) >= 11 is 0. The first-order chi connectivity index (χ1) is 13.6. The fourth-order valence-electron chi connectivity index (χ4n) is 2.99. The molecular weight excluding hydrogens is 350 g/mol. The summed E-state index contributed by atoms with van der Waals surface area (Å²) in [5.41, 5.74) is 4.09. The van der Waals surface area contributed by atoms with Gasteiger partial charge >= 0.3 is 0 Å². The predicted molar refractivity (Wildman–Crippen MR) is 112 cm³/mol. The lowest BCUT2D eigenvalue weighted by atomic mass is 10.1. The molecule has 140 valence electrons. The number of hydrogen-bond acceptors (Lipinski definition) is 5. The summed E-state index contributed by atoms with van der Waals surface area (Å²) in [6, 6.07) is 13.7. The molecule has 3 aromatic rings. The Labute approximate surface area is 164 Å². The highest BCUT2D eigenvalue weighted by Gasteiger charge is 2.23. The van der Waals surface area contributed by atoms with Crippen LogP contribution in [-0.4, -0.2) is 28.2 Å². The Hall–Kier alpha value is -3.54. The van der Waals surface area contributed by atoms with Crippen LogP contribution in [0.15, 0.2) is 64.8 Å². The van der Waals surface area contributed by atoms with E-state index in [9.17, 15) is 0 Å². The molecule has 4 rings (SSSR count). The van der Waals surface area contributed by atoms with E-state index in [2.05, 4.69) is 20.3 Å². The highest BCUT2D eigenvalue weighted by Crippen LogP contribution is 2.27. The average Bonchev–Trinajstić information content (AvgIpc) is 2.99. The van der Waals surface area contributed by atoms with Crippen molar-refractivity contribution in [1.82, 2.24) is 9.97 Å². The third-order valence-electron chi connectivity index (χ3n) is 4.30. The zero-order valence-electron chi connectivity index (χ0n) is 16.1. The second-order valence-corrected chi connectivity index (χ2v) is 6.57. The molecule has 0 aliphatic carbocycles. The van der Waals surface area contributed by atoms with Gasteiger partial charge in [0.1, 0.15) is 17.4 Å². The molecule has 3 heterocycles. The van der Waals surface area contributed by atoms with Crippen LogP contribution in [0.25, 0.3) is 0 Å². The van der Waals surface area contributed by atoms with E-state index in [1.54, 1.807) is 12.4 Å². The standard InChI is InChI=1S/C22H21N5O/c1-4-28-16-5-6-17-18(13-16)22(26-20-12-15(3)8-10-24-20)27-21(17)25-19-11-14(2)7-9-23-19/h5-13H,4H2,1-3H3,(H,23,24,25,26,27). The molecule has 0 radical (unpaired) electrons. The number of benzene rings is 1. The maximum absolute atomic E-state index is 5.66. The first-order valence-electron chi connectivity index (χ1n) is 9.19. The van der Waals surface area contributed by atoms with Crippen molar-refractivity contribution in [3.63, 3.8) is 0 Å². The number of hydrogen-bond donors (Lipinski definition) is 1. The molecule has 0 amide bonds. The van der Waals surface area contributed by atoms with E-state index in [0.717, 1.165) is 33.8 Å². The molecule has 6 nitrogen and oxygen atoms in total. The second-order valence-electron chi connectivity index (χ2n) is 6.57. The van der Waals surface area contributed by atoms with Crippen molar-refractivity contribution in [3.8, 4) is 5.75 Å². The number of nitrogens with zero attached hydrogens (tertiary/aromatic N) is 4. The Balaban J connectivity index is 1.77. The Morgan fingerprint density at radius 1 is 0.929 bits per heavy atom. The van der Waals surface area contributed by atoms with Crippen molar-refractivity contribution < 1.29 is 4.74 Å². The summed E-state index contributed by atoms with van der Waals surface area (Å²) in [5, 5.41) is 3.31. The van der Waals surface area contributed by atoms with Gasteiger partial charge in [-0.3, -0.25) is 0 Å². The average molecular weight is 371 g/mol. The van der Waals surface area contributed by atoms with Crippen LogP contribution in [0.5, 0.6) is 5.75 Å². The number of fused-ring (bicyclic) bond motifs is 1. The van der Waals surface area contributed by atoms with Crippen LogP contribution < -0.4 is 10.1 Å². The van der Waals surface area contributed by atoms with Gasteiger partial charge in [-0.05, 0) is 74.4 Å². The monoisotopic (exact) mass is 371 g/mol. The lowest BCUT2D eigenvalue weighted by Gasteiger charge is -2.08. The molecule has 1 aromatic carbocycles. The molecule has 0 saturated heterocycles. The fourth-order valence-corrected chi connectivity index (χ4v) is 2.99. The molecular formula is C22H21N5O. The number of pyridine rings is 2. The zero-order valence-corrected chi connectivity index (χ0v) is 16.1. The smallest absolute Gasteiger partial charge is 0.164 e. The van der Waals surface area contributed by atoms with Gasteiger partial charge in [-0.15, -0.1) is 0 Å². The highest BCUT2D eigenvalue weighted by molar-refractivity contribution is 6.26. The molecule has 2 aromatic heterocycles. The number of anilines is 1. The topological polar surface area (TPSA) is 71.8 Å². The molecule has 0 atom stereocenters. The molecule has 28 heavy (non-hydrogen) atoms. The van der Waals surface area contributed by atoms with Gasteiger partial charge < -0.3 is 10.1 Å².